The van der Waals surface area contributed by atoms with Gasteiger partial charge in [0.05, 0.1) is 0 Å². The molecule has 23 heavy (non-hydrogen) atoms. The fraction of sp³-hybridized carbons (Fsp3) is 0.211. The first-order valence-corrected chi connectivity index (χ1v) is 8.13. The Hall–Kier alpha value is -2.26. The number of halogens is 1. The number of hydrogen-bond acceptors (Lipinski definition) is 2. The van der Waals surface area contributed by atoms with Crippen LogP contribution in [0.2, 0.25) is 5.02 Å². The minimum atomic E-state index is -0.265. The Kier molecular flexibility index (Phi) is 4.68. The minimum absolute atomic E-state index is 0.265. The van der Waals surface area contributed by atoms with E-state index in [0.717, 1.165) is 17.5 Å². The summed E-state index contributed by atoms with van der Waals surface area (Å²) in [6.07, 6.45) is 3.41. The van der Waals surface area contributed by atoms with E-state index in [1.807, 2.05) is 24.3 Å². The number of furan rings is 1. The third-order valence-electron chi connectivity index (χ3n) is 3.73. The maximum absolute atomic E-state index is 12.3. The van der Waals surface area contributed by atoms with Crippen LogP contribution in [0, 0.1) is 0 Å². The molecule has 0 aliphatic heterocycles. The number of anilines is 1. The lowest BCUT2D eigenvalue weighted by atomic mass is 10.1. The number of carbonyl (C=O) groups excluding carboxylic acids is 1. The Morgan fingerprint density at radius 3 is 2.65 bits per heavy atom. The summed E-state index contributed by atoms with van der Waals surface area (Å²) in [4.78, 5) is 12.3. The highest BCUT2D eigenvalue weighted by molar-refractivity contribution is 6.31. The van der Waals surface area contributed by atoms with Gasteiger partial charge in [0.2, 0.25) is 0 Å². The molecule has 0 atom stereocenters. The predicted molar refractivity (Wildman–Crippen MR) is 94.2 cm³/mol. The highest BCUT2D eigenvalue weighted by Gasteiger charge is 2.12. The first-order valence-electron chi connectivity index (χ1n) is 7.75. The molecule has 2 aromatic carbocycles. The standard InChI is InChI=1S/C19H18ClNO2/c1-2-3-4-13-5-8-16(9-6-13)21-19(22)18-12-14-11-15(20)7-10-17(14)23-18/h5-12H,2-4H2,1H3,(H,21,22). The van der Waals surface area contributed by atoms with Crippen molar-refractivity contribution in [3.05, 3.63) is 64.9 Å². The fourth-order valence-corrected chi connectivity index (χ4v) is 2.63. The second kappa shape index (κ2) is 6.88. The van der Waals surface area contributed by atoms with Crippen LogP contribution in [0.4, 0.5) is 5.69 Å². The van der Waals surface area contributed by atoms with Crippen LogP contribution in [0.5, 0.6) is 0 Å². The largest absolute Gasteiger partial charge is 0.451 e. The quantitative estimate of drug-likeness (QED) is 0.655. The number of rotatable bonds is 5. The SMILES string of the molecule is CCCCc1ccc(NC(=O)c2cc3cc(Cl)ccc3o2)cc1. The van der Waals surface area contributed by atoms with Gasteiger partial charge in [0, 0.05) is 16.1 Å². The molecule has 0 saturated carbocycles. The highest BCUT2D eigenvalue weighted by Crippen LogP contribution is 2.23. The molecular formula is C19H18ClNO2. The van der Waals surface area contributed by atoms with E-state index in [4.69, 9.17) is 16.0 Å². The Balaban J connectivity index is 1.72. The molecule has 0 bridgehead atoms. The van der Waals surface area contributed by atoms with E-state index >= 15 is 0 Å². The second-order valence-electron chi connectivity index (χ2n) is 5.55. The van der Waals surface area contributed by atoms with Gasteiger partial charge in [0.15, 0.2) is 5.76 Å². The van der Waals surface area contributed by atoms with Gasteiger partial charge in [-0.25, -0.2) is 0 Å². The van der Waals surface area contributed by atoms with E-state index < -0.39 is 0 Å². The van der Waals surface area contributed by atoms with Crippen molar-refractivity contribution in [3.8, 4) is 0 Å². The monoisotopic (exact) mass is 327 g/mol. The van der Waals surface area contributed by atoms with Crippen molar-refractivity contribution >= 4 is 34.2 Å². The Bertz CT molecular complexity index is 821. The third kappa shape index (κ3) is 3.74. The number of benzene rings is 2. The zero-order valence-corrected chi connectivity index (χ0v) is 13.7. The van der Waals surface area contributed by atoms with Crippen LogP contribution in [-0.4, -0.2) is 5.91 Å². The Morgan fingerprint density at radius 2 is 1.91 bits per heavy atom. The minimum Gasteiger partial charge on any atom is -0.451 e. The second-order valence-corrected chi connectivity index (χ2v) is 5.98. The van der Waals surface area contributed by atoms with Gasteiger partial charge in [0.1, 0.15) is 5.58 Å². The molecule has 0 aliphatic carbocycles. The van der Waals surface area contributed by atoms with Crippen molar-refractivity contribution in [2.75, 3.05) is 5.32 Å². The molecule has 3 nitrogen and oxygen atoms in total. The van der Waals surface area contributed by atoms with Crippen molar-refractivity contribution in [3.63, 3.8) is 0 Å². The fourth-order valence-electron chi connectivity index (χ4n) is 2.45. The molecule has 3 rings (SSSR count). The molecular weight excluding hydrogens is 310 g/mol. The number of aryl methyl sites for hydroxylation is 1. The molecule has 4 heteroatoms. The van der Waals surface area contributed by atoms with Crippen LogP contribution in [0.3, 0.4) is 0 Å². The zero-order valence-electron chi connectivity index (χ0n) is 12.9. The lowest BCUT2D eigenvalue weighted by Gasteiger charge is -2.05. The summed E-state index contributed by atoms with van der Waals surface area (Å²) in [5.41, 5.74) is 2.69. The topological polar surface area (TPSA) is 42.2 Å². The molecule has 0 unspecified atom stereocenters. The van der Waals surface area contributed by atoms with Crippen LogP contribution in [0.15, 0.2) is 52.9 Å². The van der Waals surface area contributed by atoms with Gasteiger partial charge in [-0.05, 0) is 54.8 Å². The van der Waals surface area contributed by atoms with Crippen molar-refractivity contribution < 1.29 is 9.21 Å². The number of amides is 1. The lowest BCUT2D eigenvalue weighted by Crippen LogP contribution is -2.10. The predicted octanol–water partition coefficient (Wildman–Crippen LogP) is 5.68. The lowest BCUT2D eigenvalue weighted by molar-refractivity contribution is 0.0998. The molecule has 118 valence electrons. The Morgan fingerprint density at radius 1 is 1.13 bits per heavy atom. The first-order chi connectivity index (χ1) is 11.2. The summed E-state index contributed by atoms with van der Waals surface area (Å²) in [5, 5.41) is 4.29. The van der Waals surface area contributed by atoms with Crippen LogP contribution in [-0.2, 0) is 6.42 Å². The summed E-state index contributed by atoms with van der Waals surface area (Å²) in [5.74, 6) is 0.0101. The summed E-state index contributed by atoms with van der Waals surface area (Å²) in [7, 11) is 0. The van der Waals surface area contributed by atoms with Gasteiger partial charge in [0.25, 0.3) is 5.91 Å². The summed E-state index contributed by atoms with van der Waals surface area (Å²) >= 11 is 5.95. The van der Waals surface area contributed by atoms with Crippen LogP contribution in [0.25, 0.3) is 11.0 Å². The van der Waals surface area contributed by atoms with Crippen LogP contribution in [0.1, 0.15) is 35.9 Å². The highest BCUT2D eigenvalue weighted by atomic mass is 35.5. The van der Waals surface area contributed by atoms with Gasteiger partial charge in [-0.2, -0.15) is 0 Å². The van der Waals surface area contributed by atoms with Crippen molar-refractivity contribution in [2.24, 2.45) is 0 Å². The maximum atomic E-state index is 12.3. The molecule has 0 aliphatic rings. The molecule has 3 aromatic rings. The number of carbonyl (C=O) groups is 1. The molecule has 0 saturated heterocycles. The van der Waals surface area contributed by atoms with Gasteiger partial charge < -0.3 is 9.73 Å². The summed E-state index contributed by atoms with van der Waals surface area (Å²) < 4.78 is 5.56. The average Bonchev–Trinajstić information content (AvgIpc) is 2.97. The van der Waals surface area contributed by atoms with Gasteiger partial charge in [-0.3, -0.25) is 4.79 Å². The number of unbranched alkanes of at least 4 members (excludes halogenated alkanes) is 1. The van der Waals surface area contributed by atoms with E-state index in [9.17, 15) is 4.79 Å². The van der Waals surface area contributed by atoms with E-state index in [0.29, 0.717) is 10.6 Å². The molecule has 0 spiro atoms. The number of hydrogen-bond donors (Lipinski definition) is 1. The number of fused-ring (bicyclic) bond motifs is 1. The molecule has 0 fully saturated rings. The normalized spacial score (nSPS) is 10.9. The van der Waals surface area contributed by atoms with E-state index in [1.54, 1.807) is 24.3 Å². The van der Waals surface area contributed by atoms with Gasteiger partial charge >= 0.3 is 0 Å². The smallest absolute Gasteiger partial charge is 0.291 e. The van der Waals surface area contributed by atoms with Crippen molar-refractivity contribution in [1.29, 1.82) is 0 Å². The van der Waals surface area contributed by atoms with Crippen LogP contribution < -0.4 is 5.32 Å². The van der Waals surface area contributed by atoms with Crippen LogP contribution >= 0.6 is 11.6 Å². The first kappa shape index (κ1) is 15.6. The molecule has 1 heterocycles. The average molecular weight is 328 g/mol. The maximum Gasteiger partial charge on any atom is 0.291 e. The van der Waals surface area contributed by atoms with Crippen molar-refractivity contribution in [2.45, 2.75) is 26.2 Å². The number of nitrogens with one attached hydrogen (secondary N) is 1. The zero-order chi connectivity index (χ0) is 16.2. The van der Waals surface area contributed by atoms with E-state index in [2.05, 4.69) is 12.2 Å². The molecule has 0 radical (unpaired) electrons. The molecule has 1 N–H and O–H groups in total. The molecule has 1 amide bonds. The van der Waals surface area contributed by atoms with Crippen molar-refractivity contribution in [1.82, 2.24) is 0 Å². The Labute approximate surface area is 140 Å². The van der Waals surface area contributed by atoms with Gasteiger partial charge in [-0.1, -0.05) is 37.1 Å². The van der Waals surface area contributed by atoms with Gasteiger partial charge in [-0.15, -0.1) is 0 Å². The third-order valence-corrected chi connectivity index (χ3v) is 3.97. The van der Waals surface area contributed by atoms with E-state index in [-0.39, 0.29) is 11.7 Å². The van der Waals surface area contributed by atoms with E-state index in [1.165, 1.54) is 18.4 Å². The summed E-state index contributed by atoms with van der Waals surface area (Å²) in [6.45, 7) is 2.18. The molecule has 1 aromatic heterocycles. The summed E-state index contributed by atoms with van der Waals surface area (Å²) in [6, 6.07) is 14.9.